The van der Waals surface area contributed by atoms with Crippen molar-refractivity contribution >= 4 is 22.5 Å². The molecule has 13 heteroatoms. The molecule has 2 fully saturated rings. The molecular formula is C24H27F3N8O2. The highest BCUT2D eigenvalue weighted by Gasteiger charge is 2.40. The van der Waals surface area contributed by atoms with Crippen LogP contribution in [-0.4, -0.2) is 85.9 Å². The van der Waals surface area contributed by atoms with E-state index in [1.165, 1.54) is 13.2 Å². The van der Waals surface area contributed by atoms with Gasteiger partial charge >= 0.3 is 0 Å². The molecule has 0 aliphatic carbocycles. The summed E-state index contributed by atoms with van der Waals surface area (Å²) in [5, 5.41) is 15.4. The van der Waals surface area contributed by atoms with Gasteiger partial charge in [0.15, 0.2) is 5.82 Å². The fraction of sp³-hybridized carbons (Fsp3) is 0.500. The van der Waals surface area contributed by atoms with E-state index in [2.05, 4.69) is 37.5 Å². The Labute approximate surface area is 210 Å². The van der Waals surface area contributed by atoms with Gasteiger partial charge in [-0.1, -0.05) is 5.21 Å². The van der Waals surface area contributed by atoms with Crippen molar-refractivity contribution in [1.29, 1.82) is 0 Å². The highest BCUT2D eigenvalue weighted by molar-refractivity contribution is 5.89. The van der Waals surface area contributed by atoms with Crippen LogP contribution in [0, 0.1) is 5.82 Å². The molecule has 196 valence electrons. The molecule has 0 unspecified atom stereocenters. The van der Waals surface area contributed by atoms with Gasteiger partial charge in [0.2, 0.25) is 11.8 Å². The summed E-state index contributed by atoms with van der Waals surface area (Å²) in [5.41, 5.74) is 1.84. The summed E-state index contributed by atoms with van der Waals surface area (Å²) in [6.07, 6.45) is 0.997. The van der Waals surface area contributed by atoms with Gasteiger partial charge < -0.3 is 14.8 Å². The van der Waals surface area contributed by atoms with Gasteiger partial charge in [0.1, 0.15) is 17.6 Å². The maximum atomic E-state index is 14.8. The minimum Gasteiger partial charge on any atom is -0.479 e. The minimum atomic E-state index is -2.64. The first-order valence-corrected chi connectivity index (χ1v) is 12.2. The Morgan fingerprint density at radius 3 is 2.70 bits per heavy atom. The van der Waals surface area contributed by atoms with Crippen molar-refractivity contribution in [2.24, 2.45) is 0 Å². The second-order valence-corrected chi connectivity index (χ2v) is 9.85. The van der Waals surface area contributed by atoms with Gasteiger partial charge in [-0.3, -0.25) is 4.90 Å². The number of fused-ring (bicyclic) bond motifs is 2. The lowest BCUT2D eigenvalue weighted by Crippen LogP contribution is -2.62. The lowest BCUT2D eigenvalue weighted by atomic mass is 9.93. The molecule has 10 nitrogen and oxygen atoms in total. The summed E-state index contributed by atoms with van der Waals surface area (Å²) < 4.78 is 54.4. The van der Waals surface area contributed by atoms with Gasteiger partial charge in [-0.2, -0.15) is 4.98 Å². The van der Waals surface area contributed by atoms with Crippen LogP contribution in [0.3, 0.4) is 0 Å². The van der Waals surface area contributed by atoms with Crippen LogP contribution < -0.4 is 10.1 Å². The van der Waals surface area contributed by atoms with Crippen molar-refractivity contribution in [2.45, 2.75) is 44.3 Å². The lowest BCUT2D eigenvalue weighted by Gasteiger charge is -2.49. The molecule has 5 heterocycles. The van der Waals surface area contributed by atoms with E-state index in [-0.39, 0.29) is 22.6 Å². The van der Waals surface area contributed by atoms with Crippen molar-refractivity contribution in [3.63, 3.8) is 0 Å². The van der Waals surface area contributed by atoms with E-state index in [1.807, 2.05) is 0 Å². The number of nitrogens with one attached hydrogen (secondary N) is 1. The van der Waals surface area contributed by atoms with E-state index < -0.39 is 18.8 Å². The molecule has 4 aromatic rings. The van der Waals surface area contributed by atoms with Crippen LogP contribution in [0.1, 0.15) is 19.8 Å². The molecule has 2 aliphatic heterocycles. The number of likely N-dealkylation sites (tertiary alicyclic amines) is 1. The van der Waals surface area contributed by atoms with E-state index in [0.29, 0.717) is 28.5 Å². The summed E-state index contributed by atoms with van der Waals surface area (Å²) in [5.74, 6) is 0.0944. The van der Waals surface area contributed by atoms with Crippen molar-refractivity contribution in [3.05, 3.63) is 30.2 Å². The molecule has 3 aromatic heterocycles. The number of aromatic nitrogens is 6. The van der Waals surface area contributed by atoms with Crippen LogP contribution in [-0.2, 0) is 11.3 Å². The van der Waals surface area contributed by atoms with Crippen LogP contribution >= 0.6 is 0 Å². The van der Waals surface area contributed by atoms with Crippen molar-refractivity contribution in [2.75, 3.05) is 38.7 Å². The average Bonchev–Trinajstić information content (AvgIpc) is 3.47. The minimum absolute atomic E-state index is 0.0625. The van der Waals surface area contributed by atoms with Gasteiger partial charge in [-0.05, 0) is 43.5 Å². The van der Waals surface area contributed by atoms with Gasteiger partial charge in [0.25, 0.3) is 6.43 Å². The largest absolute Gasteiger partial charge is 0.479 e. The summed E-state index contributed by atoms with van der Waals surface area (Å²) in [7, 11) is 1.51. The summed E-state index contributed by atoms with van der Waals surface area (Å²) in [4.78, 5) is 7.06. The fourth-order valence-corrected chi connectivity index (χ4v) is 5.20. The second-order valence-electron chi connectivity index (χ2n) is 9.85. The Hall–Kier alpha value is -3.45. The molecule has 2 saturated heterocycles. The summed E-state index contributed by atoms with van der Waals surface area (Å²) >= 11 is 0. The summed E-state index contributed by atoms with van der Waals surface area (Å²) in [6, 6.07) is 4.87. The zero-order chi connectivity index (χ0) is 25.7. The molecule has 0 amide bonds. The zero-order valence-corrected chi connectivity index (χ0v) is 20.5. The first-order chi connectivity index (χ1) is 17.8. The monoisotopic (exact) mass is 516 g/mol. The predicted octanol–water partition coefficient (Wildman–Crippen LogP) is 3.22. The Bertz CT molecular complexity index is 1440. The Morgan fingerprint density at radius 2 is 2.03 bits per heavy atom. The van der Waals surface area contributed by atoms with E-state index in [9.17, 15) is 13.2 Å². The van der Waals surface area contributed by atoms with Gasteiger partial charge in [0, 0.05) is 30.9 Å². The van der Waals surface area contributed by atoms with Crippen LogP contribution in [0.2, 0.25) is 0 Å². The number of hydrogen-bond donors (Lipinski definition) is 1. The molecule has 6 rings (SSSR count). The van der Waals surface area contributed by atoms with Crippen molar-refractivity contribution in [3.8, 4) is 17.0 Å². The van der Waals surface area contributed by atoms with Gasteiger partial charge in [-0.15, -0.1) is 10.2 Å². The number of anilines is 1. The molecule has 0 bridgehead atoms. The second kappa shape index (κ2) is 9.14. The van der Waals surface area contributed by atoms with Crippen molar-refractivity contribution < 1.29 is 22.6 Å². The number of methoxy groups -OCH3 is 1. The Balaban J connectivity index is 1.28. The molecule has 0 saturated carbocycles. The Kier molecular flexibility index (Phi) is 5.91. The number of rotatable bonds is 7. The first-order valence-electron chi connectivity index (χ1n) is 12.2. The molecule has 0 spiro atoms. The number of benzene rings is 1. The molecule has 0 radical (unpaired) electrons. The predicted molar refractivity (Wildman–Crippen MR) is 129 cm³/mol. The maximum absolute atomic E-state index is 14.8. The average molecular weight is 517 g/mol. The maximum Gasteiger partial charge on any atom is 0.258 e. The Morgan fingerprint density at radius 1 is 1.24 bits per heavy atom. The lowest BCUT2D eigenvalue weighted by molar-refractivity contribution is -0.135. The van der Waals surface area contributed by atoms with E-state index >= 15 is 0 Å². The number of halogens is 3. The smallest absolute Gasteiger partial charge is 0.258 e. The molecule has 2 aliphatic rings. The third-order valence-electron chi connectivity index (χ3n) is 7.29. The molecule has 0 atom stereocenters. The highest BCUT2D eigenvalue weighted by atomic mass is 19.3. The van der Waals surface area contributed by atoms with Crippen molar-refractivity contribution in [1.82, 2.24) is 34.5 Å². The normalized spacial score (nSPS) is 18.5. The molecule has 37 heavy (non-hydrogen) atoms. The topological polar surface area (TPSA) is 94.6 Å². The summed E-state index contributed by atoms with van der Waals surface area (Å²) in [6.45, 7) is 5.05. The molecule has 1 N–H and O–H groups in total. The third-order valence-corrected chi connectivity index (χ3v) is 7.29. The van der Waals surface area contributed by atoms with Crippen LogP contribution in [0.4, 0.5) is 19.1 Å². The van der Waals surface area contributed by atoms with Gasteiger partial charge in [0.05, 0.1) is 31.4 Å². The number of ether oxygens (including phenoxy) is 2. The standard InChI is InChI=1S/C24H27F3N8O2/c1-24(12-37-13-24)33-6-3-15(4-7-33)28-23-29-22(36-2)21-16(5-8-34(21)31-23)14-9-17(25)20-18(10-14)35(32-30-20)11-19(26)27/h5,8-10,15,19H,3-4,6-7,11-13H2,1-2H3,(H,28,31). The number of piperidine rings is 1. The highest BCUT2D eigenvalue weighted by Crippen LogP contribution is 2.34. The van der Waals surface area contributed by atoms with Crippen LogP contribution in [0.25, 0.3) is 27.7 Å². The van der Waals surface area contributed by atoms with E-state index in [1.54, 1.807) is 22.8 Å². The van der Waals surface area contributed by atoms with E-state index in [0.717, 1.165) is 43.8 Å². The number of nitrogens with zero attached hydrogens (tertiary/aromatic N) is 7. The van der Waals surface area contributed by atoms with Gasteiger partial charge in [-0.25, -0.2) is 22.4 Å². The fourth-order valence-electron chi connectivity index (χ4n) is 5.20. The molecular weight excluding hydrogens is 489 g/mol. The third kappa shape index (κ3) is 4.25. The number of alkyl halides is 2. The molecule has 1 aromatic carbocycles. The number of hydrogen-bond acceptors (Lipinski definition) is 8. The zero-order valence-electron chi connectivity index (χ0n) is 20.5. The van der Waals surface area contributed by atoms with Crippen LogP contribution in [0.5, 0.6) is 5.88 Å². The quantitative estimate of drug-likeness (QED) is 0.400. The van der Waals surface area contributed by atoms with E-state index in [4.69, 9.17) is 9.47 Å². The first kappa shape index (κ1) is 23.9. The SMILES string of the molecule is COc1nc(NC2CCN(C3(C)COC3)CC2)nn2ccc(-c3cc(F)c4nnn(CC(F)F)c4c3)c12. The van der Waals surface area contributed by atoms with Crippen LogP contribution in [0.15, 0.2) is 24.4 Å².